The van der Waals surface area contributed by atoms with Gasteiger partial charge in [0.2, 0.25) is 5.91 Å². The number of ether oxygens (including phenoxy) is 1. The monoisotopic (exact) mass is 548 g/mol. The molecule has 2 saturated heterocycles. The third kappa shape index (κ3) is 6.88. The first-order chi connectivity index (χ1) is 18.3. The molecule has 0 radical (unpaired) electrons. The molecule has 2 aliphatic heterocycles. The van der Waals surface area contributed by atoms with Crippen LogP contribution < -0.4 is 10.5 Å². The molecule has 8 nitrogen and oxygen atoms in total. The fourth-order valence-electron chi connectivity index (χ4n) is 5.07. The lowest BCUT2D eigenvalue weighted by Crippen LogP contribution is -2.46. The van der Waals surface area contributed by atoms with Crippen LogP contribution >= 0.6 is 0 Å². The molecule has 3 heterocycles. The van der Waals surface area contributed by atoms with E-state index < -0.39 is 29.6 Å². The summed E-state index contributed by atoms with van der Waals surface area (Å²) in [6.45, 7) is 4.26. The lowest BCUT2D eigenvalue weighted by Gasteiger charge is -2.38. The number of benzene rings is 1. The first-order valence-electron chi connectivity index (χ1n) is 13.1. The second-order valence-electron chi connectivity index (χ2n) is 11.1. The van der Waals surface area contributed by atoms with Gasteiger partial charge in [-0.1, -0.05) is 12.1 Å². The molecule has 3 N–H and O–H groups in total. The van der Waals surface area contributed by atoms with Crippen LogP contribution in [0.25, 0.3) is 11.3 Å². The number of amides is 2. The minimum atomic E-state index is -4.22. The lowest BCUT2D eigenvalue weighted by molar-refractivity contribution is -0.217. The van der Waals surface area contributed by atoms with E-state index in [1.165, 1.54) is 18.7 Å². The summed E-state index contributed by atoms with van der Waals surface area (Å²) < 4.78 is 45.4. The van der Waals surface area contributed by atoms with Gasteiger partial charge in [0.1, 0.15) is 11.8 Å². The van der Waals surface area contributed by atoms with Crippen LogP contribution in [-0.4, -0.2) is 82.8 Å². The largest absolute Gasteiger partial charge is 0.492 e. The number of carbonyl (C=O) groups is 2. The molecule has 2 aromatic rings. The van der Waals surface area contributed by atoms with Crippen LogP contribution in [0, 0.1) is 11.3 Å². The van der Waals surface area contributed by atoms with E-state index in [9.17, 15) is 27.9 Å². The Bertz CT molecular complexity index is 1150. The highest BCUT2D eigenvalue weighted by molar-refractivity contribution is 5.98. The fraction of sp³-hybridized carbons (Fsp3) is 0.536. The van der Waals surface area contributed by atoms with E-state index in [0.717, 1.165) is 18.4 Å². The fourth-order valence-corrected chi connectivity index (χ4v) is 5.07. The van der Waals surface area contributed by atoms with Crippen molar-refractivity contribution in [1.29, 1.82) is 0 Å². The van der Waals surface area contributed by atoms with Gasteiger partial charge in [0.05, 0.1) is 30.0 Å². The number of nitrogens with two attached hydrogens (primary N) is 1. The topological polar surface area (TPSA) is 109 Å². The molecule has 2 amide bonds. The number of primary amides is 1. The quantitative estimate of drug-likeness (QED) is 0.523. The molecular formula is C28H35F3N4O4. The number of alkyl halides is 3. The van der Waals surface area contributed by atoms with Gasteiger partial charge in [-0.05, 0) is 70.0 Å². The molecule has 212 valence electrons. The highest BCUT2D eigenvalue weighted by atomic mass is 19.4. The average Bonchev–Trinajstić information content (AvgIpc) is 3.29. The van der Waals surface area contributed by atoms with Gasteiger partial charge in [-0.2, -0.15) is 13.2 Å². The van der Waals surface area contributed by atoms with Crippen LogP contribution in [-0.2, 0) is 4.79 Å². The highest BCUT2D eigenvalue weighted by Gasteiger charge is 2.48. The Kier molecular flexibility index (Phi) is 8.51. The number of β-amino-alcohol motifs (C(OH)–C–C–N with tert-alkyl or cyclic N) is 1. The summed E-state index contributed by atoms with van der Waals surface area (Å²) in [7, 11) is 0. The van der Waals surface area contributed by atoms with Crippen molar-refractivity contribution in [3.63, 3.8) is 0 Å². The Morgan fingerprint density at radius 1 is 1.10 bits per heavy atom. The maximum atomic E-state index is 13.2. The van der Waals surface area contributed by atoms with Crippen molar-refractivity contribution < 1.29 is 32.6 Å². The van der Waals surface area contributed by atoms with Gasteiger partial charge in [0.15, 0.2) is 0 Å². The summed E-state index contributed by atoms with van der Waals surface area (Å²) in [6.07, 6.45) is -1.68. The van der Waals surface area contributed by atoms with Crippen molar-refractivity contribution in [2.75, 3.05) is 32.8 Å². The number of halogens is 3. The van der Waals surface area contributed by atoms with Crippen LogP contribution in [0.5, 0.6) is 5.75 Å². The van der Waals surface area contributed by atoms with E-state index in [-0.39, 0.29) is 31.3 Å². The molecule has 39 heavy (non-hydrogen) atoms. The summed E-state index contributed by atoms with van der Waals surface area (Å²) in [6, 6.07) is 9.62. The van der Waals surface area contributed by atoms with Gasteiger partial charge in [-0.3, -0.25) is 14.6 Å². The van der Waals surface area contributed by atoms with Crippen molar-refractivity contribution >= 4 is 11.8 Å². The number of aliphatic hydroxyl groups excluding tert-OH is 1. The second-order valence-corrected chi connectivity index (χ2v) is 11.1. The molecule has 0 spiro atoms. The first-order valence-corrected chi connectivity index (χ1v) is 13.1. The number of rotatable bonds is 8. The molecule has 0 aliphatic carbocycles. The number of piperidine rings is 1. The molecule has 2 atom stereocenters. The van der Waals surface area contributed by atoms with Gasteiger partial charge in [0, 0.05) is 30.6 Å². The van der Waals surface area contributed by atoms with Crippen LogP contribution in [0.15, 0.2) is 42.6 Å². The third-order valence-corrected chi connectivity index (χ3v) is 7.61. The lowest BCUT2D eigenvalue weighted by atomic mass is 9.89. The van der Waals surface area contributed by atoms with Crippen molar-refractivity contribution in [2.45, 2.75) is 51.4 Å². The van der Waals surface area contributed by atoms with E-state index >= 15 is 0 Å². The Balaban J connectivity index is 1.27. The Hall–Kier alpha value is -3.18. The second kappa shape index (κ2) is 11.5. The normalized spacial score (nSPS) is 21.2. The number of nitrogens with zero attached hydrogens (tertiary/aromatic N) is 3. The summed E-state index contributed by atoms with van der Waals surface area (Å²) in [5.41, 5.74) is 5.51. The van der Waals surface area contributed by atoms with Crippen molar-refractivity contribution in [2.24, 2.45) is 17.1 Å². The zero-order chi connectivity index (χ0) is 28.4. The molecule has 2 fully saturated rings. The van der Waals surface area contributed by atoms with Gasteiger partial charge < -0.3 is 25.4 Å². The molecule has 4 rings (SSSR count). The predicted octanol–water partition coefficient (Wildman–Crippen LogP) is 3.49. The van der Waals surface area contributed by atoms with Gasteiger partial charge in [0.25, 0.3) is 5.91 Å². The maximum Gasteiger partial charge on any atom is 0.395 e. The van der Waals surface area contributed by atoms with E-state index in [1.807, 2.05) is 17.0 Å². The molecule has 0 bridgehead atoms. The highest BCUT2D eigenvalue weighted by Crippen LogP contribution is 2.38. The van der Waals surface area contributed by atoms with Crippen LogP contribution in [0.4, 0.5) is 13.2 Å². The van der Waals surface area contributed by atoms with Gasteiger partial charge in [-0.15, -0.1) is 0 Å². The maximum absolute atomic E-state index is 13.2. The van der Waals surface area contributed by atoms with E-state index in [4.69, 9.17) is 10.5 Å². The minimum absolute atomic E-state index is 0.000125. The molecule has 2 aliphatic rings. The van der Waals surface area contributed by atoms with Crippen LogP contribution in [0.3, 0.4) is 0 Å². The number of aliphatic hydroxyl groups is 1. The van der Waals surface area contributed by atoms with Gasteiger partial charge >= 0.3 is 6.18 Å². The smallest absolute Gasteiger partial charge is 0.395 e. The number of pyridine rings is 1. The predicted molar refractivity (Wildman–Crippen MR) is 139 cm³/mol. The summed E-state index contributed by atoms with van der Waals surface area (Å²) in [5.74, 6) is -0.130. The number of likely N-dealkylation sites (tertiary alicyclic amines) is 2. The molecular weight excluding hydrogens is 513 g/mol. The number of hydrogen-bond donors (Lipinski definition) is 2. The molecule has 11 heteroatoms. The summed E-state index contributed by atoms with van der Waals surface area (Å²) in [4.78, 5) is 32.1. The number of hydrogen-bond acceptors (Lipinski definition) is 6. The van der Waals surface area contributed by atoms with Crippen molar-refractivity contribution in [3.05, 3.63) is 48.2 Å². The van der Waals surface area contributed by atoms with E-state index in [2.05, 4.69) is 4.98 Å². The molecule has 0 saturated carbocycles. The zero-order valence-electron chi connectivity index (χ0n) is 22.2. The Morgan fingerprint density at radius 2 is 1.77 bits per heavy atom. The number of aromatic nitrogens is 1. The van der Waals surface area contributed by atoms with Crippen molar-refractivity contribution in [3.8, 4) is 17.0 Å². The molecule has 1 aromatic carbocycles. The zero-order valence-corrected chi connectivity index (χ0v) is 22.2. The summed E-state index contributed by atoms with van der Waals surface area (Å²) in [5, 5.41) is 9.86. The summed E-state index contributed by atoms with van der Waals surface area (Å²) >= 11 is 0. The molecule has 1 aromatic heterocycles. The Morgan fingerprint density at radius 3 is 2.33 bits per heavy atom. The third-order valence-electron chi connectivity index (χ3n) is 7.61. The van der Waals surface area contributed by atoms with Crippen molar-refractivity contribution in [1.82, 2.24) is 14.8 Å². The average molecular weight is 549 g/mol. The minimum Gasteiger partial charge on any atom is -0.492 e. The SMILES string of the molecule is CC(C)(CN1CCC(COc2ccc(-c3ccc(C(=O)N4C[C@H](O)C[C@H]4C(N)=O)cc3)nc2)CC1)C(F)(F)F. The van der Waals surface area contributed by atoms with E-state index in [0.29, 0.717) is 36.7 Å². The van der Waals surface area contributed by atoms with Gasteiger partial charge in [-0.25, -0.2) is 0 Å². The number of carbonyl (C=O) groups excluding carboxylic acids is 2. The van der Waals surface area contributed by atoms with E-state index in [1.54, 1.807) is 30.5 Å². The molecule has 0 unspecified atom stereocenters. The van der Waals surface area contributed by atoms with Crippen LogP contribution in [0.1, 0.15) is 43.5 Å². The van der Waals surface area contributed by atoms with Crippen LogP contribution in [0.2, 0.25) is 0 Å². The first kappa shape index (κ1) is 28.8. The Labute approximate surface area is 225 Å². The standard InChI is InChI=1S/C28H35F3N4O4/c1-27(2,28(29,30)31)17-34-11-9-18(10-12-34)16-39-22-7-8-23(33-14-22)19-3-5-20(6-4-19)26(38)35-15-21(36)13-24(35)25(32)37/h3-8,14,18,21,24,36H,9-13,15-17H2,1-2H3,(H2,32,37)/t21-,24+/m1/s1.